The Kier molecular flexibility index (Phi) is 4.24. The lowest BCUT2D eigenvalue weighted by molar-refractivity contribution is 0.0892. The van der Waals surface area contributed by atoms with E-state index >= 15 is 0 Å². The maximum Gasteiger partial charge on any atom is 0.269 e. The number of nitrogens with zero attached hydrogens (tertiary/aromatic N) is 4. The van der Waals surface area contributed by atoms with E-state index in [2.05, 4.69) is 22.8 Å². The van der Waals surface area contributed by atoms with E-state index in [1.165, 1.54) is 0 Å². The van der Waals surface area contributed by atoms with E-state index in [0.29, 0.717) is 17.5 Å². The predicted molar refractivity (Wildman–Crippen MR) is 102 cm³/mol. The average molecular weight is 370 g/mol. The summed E-state index contributed by atoms with van der Waals surface area (Å²) in [5.41, 5.74) is 6.42. The van der Waals surface area contributed by atoms with Crippen molar-refractivity contribution in [2.75, 3.05) is 31.6 Å². The van der Waals surface area contributed by atoms with E-state index in [1.54, 1.807) is 0 Å². The highest BCUT2D eigenvalue weighted by atomic mass is 16.5. The number of hydrogen-bond donors (Lipinski definition) is 2. The van der Waals surface area contributed by atoms with Gasteiger partial charge in [0.25, 0.3) is 5.91 Å². The van der Waals surface area contributed by atoms with Crippen molar-refractivity contribution >= 4 is 22.6 Å². The molecule has 2 N–H and O–H groups in total. The molecule has 0 aromatic carbocycles. The van der Waals surface area contributed by atoms with Gasteiger partial charge in [0.1, 0.15) is 0 Å². The fourth-order valence-corrected chi connectivity index (χ4v) is 3.78. The van der Waals surface area contributed by atoms with E-state index in [0.717, 1.165) is 80.9 Å². The van der Waals surface area contributed by atoms with Crippen LogP contribution in [0.4, 0.5) is 5.69 Å². The second-order valence-corrected chi connectivity index (χ2v) is 7.68. The number of pyridine rings is 1. The molecule has 3 aliphatic rings. The van der Waals surface area contributed by atoms with Gasteiger partial charge in [0.15, 0.2) is 5.65 Å². The largest absolute Gasteiger partial charge is 0.381 e. The number of aromatic nitrogens is 3. The number of nitrogens with one attached hydrogen (secondary N) is 2. The molecule has 0 atom stereocenters. The molecule has 4 heterocycles. The second kappa shape index (κ2) is 6.76. The number of carbonyl (C=O) groups excluding carboxylic acids is 1. The maximum atomic E-state index is 13.1. The molecule has 1 amide bonds. The van der Waals surface area contributed by atoms with Crippen LogP contribution in [0.3, 0.4) is 0 Å². The molecule has 27 heavy (non-hydrogen) atoms. The van der Waals surface area contributed by atoms with Crippen LogP contribution in [0, 0.1) is 0 Å². The molecule has 2 aromatic heterocycles. The Morgan fingerprint density at radius 3 is 2.70 bits per heavy atom. The molecule has 2 saturated heterocycles. The molecule has 3 fully saturated rings. The van der Waals surface area contributed by atoms with E-state index in [-0.39, 0.29) is 5.91 Å². The molecule has 8 nitrogen and oxygen atoms in total. The highest BCUT2D eigenvalue weighted by Gasteiger charge is 2.35. The summed E-state index contributed by atoms with van der Waals surface area (Å²) in [6, 6.07) is 0.300. The van der Waals surface area contributed by atoms with Gasteiger partial charge < -0.3 is 10.1 Å². The molecular weight excluding hydrogens is 344 g/mol. The predicted octanol–water partition coefficient (Wildman–Crippen LogP) is 1.88. The minimum absolute atomic E-state index is 0.0531. The van der Waals surface area contributed by atoms with Gasteiger partial charge in [0.05, 0.1) is 28.5 Å². The number of carbonyl (C=O) groups is 1. The third-order valence-corrected chi connectivity index (χ3v) is 5.58. The van der Waals surface area contributed by atoms with Crippen LogP contribution >= 0.6 is 0 Å². The van der Waals surface area contributed by atoms with Crippen molar-refractivity contribution in [1.82, 2.24) is 25.2 Å². The van der Waals surface area contributed by atoms with E-state index in [9.17, 15) is 4.79 Å². The van der Waals surface area contributed by atoms with Crippen LogP contribution < -0.4 is 10.7 Å². The molecule has 144 valence electrons. The van der Waals surface area contributed by atoms with Crippen LogP contribution in [0.5, 0.6) is 0 Å². The van der Waals surface area contributed by atoms with Crippen molar-refractivity contribution in [1.29, 1.82) is 0 Å². The van der Waals surface area contributed by atoms with E-state index < -0.39 is 0 Å². The van der Waals surface area contributed by atoms with Crippen molar-refractivity contribution in [2.24, 2.45) is 0 Å². The van der Waals surface area contributed by atoms with Crippen LogP contribution in [-0.4, -0.2) is 58.0 Å². The SMILES string of the molecule is CCn1ncc2c(NC3CCOCC3)c(C(=O)NN3CC3)c(C3CC3)nc21. The van der Waals surface area contributed by atoms with Gasteiger partial charge >= 0.3 is 0 Å². The summed E-state index contributed by atoms with van der Waals surface area (Å²) >= 11 is 0. The highest BCUT2D eigenvalue weighted by molar-refractivity contribution is 6.08. The van der Waals surface area contributed by atoms with Gasteiger partial charge in [-0.25, -0.2) is 14.7 Å². The maximum absolute atomic E-state index is 13.1. The lowest BCUT2D eigenvalue weighted by atomic mass is 10.0. The first kappa shape index (κ1) is 16.9. The zero-order valence-corrected chi connectivity index (χ0v) is 15.7. The number of ether oxygens (including phenoxy) is 1. The number of anilines is 1. The molecule has 2 aromatic rings. The minimum Gasteiger partial charge on any atom is -0.381 e. The first-order valence-corrected chi connectivity index (χ1v) is 10.0. The zero-order valence-electron chi connectivity index (χ0n) is 15.7. The van der Waals surface area contributed by atoms with Gasteiger partial charge in [-0.3, -0.25) is 10.2 Å². The second-order valence-electron chi connectivity index (χ2n) is 7.68. The standard InChI is InChI=1S/C19H26N6O2/c1-2-25-18-14(11-20-25)17(21-13-5-9-27-10-6-13)15(16(22-18)12-3-4-12)19(26)23-24-7-8-24/h11-13H,2-10H2,1H3,(H,21,22)(H,23,26). The Morgan fingerprint density at radius 2 is 2.04 bits per heavy atom. The molecule has 0 unspecified atom stereocenters. The Hall–Kier alpha value is -2.19. The Morgan fingerprint density at radius 1 is 1.26 bits per heavy atom. The number of aryl methyl sites for hydroxylation is 1. The summed E-state index contributed by atoms with van der Waals surface area (Å²) < 4.78 is 7.42. The number of hydrogen-bond acceptors (Lipinski definition) is 6. The number of amides is 1. The monoisotopic (exact) mass is 370 g/mol. The Balaban J connectivity index is 1.63. The summed E-state index contributed by atoms with van der Waals surface area (Å²) in [6.45, 7) is 6.16. The van der Waals surface area contributed by atoms with Crippen LogP contribution in [-0.2, 0) is 11.3 Å². The van der Waals surface area contributed by atoms with Gasteiger partial charge in [-0.1, -0.05) is 0 Å². The fraction of sp³-hybridized carbons (Fsp3) is 0.632. The highest BCUT2D eigenvalue weighted by Crippen LogP contribution is 2.44. The molecule has 0 bridgehead atoms. The van der Waals surface area contributed by atoms with Crippen LogP contribution in [0.15, 0.2) is 6.20 Å². The molecular formula is C19H26N6O2. The van der Waals surface area contributed by atoms with Crippen LogP contribution in [0.25, 0.3) is 11.0 Å². The Labute approximate surface area is 158 Å². The normalized spacial score (nSPS) is 20.8. The fourth-order valence-electron chi connectivity index (χ4n) is 3.78. The summed E-state index contributed by atoms with van der Waals surface area (Å²) in [4.78, 5) is 18.1. The van der Waals surface area contributed by atoms with Crippen molar-refractivity contribution in [3.63, 3.8) is 0 Å². The van der Waals surface area contributed by atoms with Crippen LogP contribution in [0.2, 0.25) is 0 Å². The molecule has 0 radical (unpaired) electrons. The molecule has 5 rings (SSSR count). The van der Waals surface area contributed by atoms with Crippen LogP contribution in [0.1, 0.15) is 54.6 Å². The number of fused-ring (bicyclic) bond motifs is 1. The number of rotatable bonds is 6. The lowest BCUT2D eigenvalue weighted by Gasteiger charge is -2.26. The lowest BCUT2D eigenvalue weighted by Crippen LogP contribution is -2.33. The summed E-state index contributed by atoms with van der Waals surface area (Å²) in [5, 5.41) is 11.0. The Bertz CT molecular complexity index is 865. The van der Waals surface area contributed by atoms with Crippen molar-refractivity contribution in [2.45, 2.75) is 51.1 Å². The molecule has 2 aliphatic heterocycles. The summed E-state index contributed by atoms with van der Waals surface area (Å²) in [7, 11) is 0. The van der Waals surface area contributed by atoms with Gasteiger partial charge in [0.2, 0.25) is 0 Å². The average Bonchev–Trinajstić information content (AvgIpc) is 3.61. The molecule has 1 aliphatic carbocycles. The minimum atomic E-state index is -0.0531. The van der Waals surface area contributed by atoms with E-state index in [4.69, 9.17) is 9.72 Å². The smallest absolute Gasteiger partial charge is 0.269 e. The zero-order chi connectivity index (χ0) is 18.4. The van der Waals surface area contributed by atoms with Crippen molar-refractivity contribution in [3.05, 3.63) is 17.5 Å². The molecule has 0 spiro atoms. The topological polar surface area (TPSA) is 84.1 Å². The first-order chi connectivity index (χ1) is 13.2. The quantitative estimate of drug-likeness (QED) is 0.756. The van der Waals surface area contributed by atoms with E-state index in [1.807, 2.05) is 15.9 Å². The first-order valence-electron chi connectivity index (χ1n) is 10.0. The third-order valence-electron chi connectivity index (χ3n) is 5.58. The van der Waals surface area contributed by atoms with Gasteiger partial charge in [-0.2, -0.15) is 5.10 Å². The van der Waals surface area contributed by atoms with Crippen molar-refractivity contribution < 1.29 is 9.53 Å². The third kappa shape index (κ3) is 3.27. The van der Waals surface area contributed by atoms with Crippen molar-refractivity contribution in [3.8, 4) is 0 Å². The molecule has 8 heteroatoms. The summed E-state index contributed by atoms with van der Waals surface area (Å²) in [6.07, 6.45) is 5.92. The molecule has 1 saturated carbocycles. The summed E-state index contributed by atoms with van der Waals surface area (Å²) in [5.74, 6) is 0.322. The van der Waals surface area contributed by atoms with Gasteiger partial charge in [-0.15, -0.1) is 0 Å². The van der Waals surface area contributed by atoms with Gasteiger partial charge in [-0.05, 0) is 32.6 Å². The number of hydrazine groups is 1. The van der Waals surface area contributed by atoms with Gasteiger partial charge in [0, 0.05) is 44.8 Å².